The van der Waals surface area contributed by atoms with Crippen LogP contribution in [0, 0.1) is 25.2 Å². The van der Waals surface area contributed by atoms with E-state index in [1.807, 2.05) is 66.3 Å². The lowest BCUT2D eigenvalue weighted by atomic mass is 10.2. The lowest BCUT2D eigenvalue weighted by molar-refractivity contribution is -0.117. The summed E-state index contributed by atoms with van der Waals surface area (Å²) >= 11 is 1.63. The van der Waals surface area contributed by atoms with E-state index in [2.05, 4.69) is 26.8 Å². The molecule has 150 valence electrons. The number of carbonyl (C=O) groups excluding carboxylic acids is 1. The van der Waals surface area contributed by atoms with Crippen LogP contribution < -0.4 is 5.32 Å². The predicted molar refractivity (Wildman–Crippen MR) is 114 cm³/mol. The van der Waals surface area contributed by atoms with Crippen molar-refractivity contribution in [1.82, 2.24) is 24.8 Å². The second-order valence-electron chi connectivity index (χ2n) is 6.77. The Bertz CT molecular complexity index is 1220. The number of nitriles is 1. The molecule has 1 aromatic carbocycles. The smallest absolute Gasteiger partial charge is 0.249 e. The van der Waals surface area contributed by atoms with Gasteiger partial charge in [0.1, 0.15) is 18.4 Å². The molecule has 1 N–H and O–H groups in total. The first-order valence-corrected chi connectivity index (χ1v) is 10.2. The van der Waals surface area contributed by atoms with Gasteiger partial charge in [-0.05, 0) is 36.1 Å². The molecule has 0 aliphatic heterocycles. The van der Waals surface area contributed by atoms with Gasteiger partial charge < -0.3 is 9.88 Å². The van der Waals surface area contributed by atoms with Crippen molar-refractivity contribution >= 4 is 23.1 Å². The summed E-state index contributed by atoms with van der Waals surface area (Å²) in [6, 6.07) is 15.7. The van der Waals surface area contributed by atoms with Crippen LogP contribution in [-0.4, -0.2) is 30.7 Å². The summed E-state index contributed by atoms with van der Waals surface area (Å²) in [5.74, 6) is 0.622. The first kappa shape index (κ1) is 19.5. The molecule has 0 aliphatic rings. The molecule has 9 heteroatoms. The summed E-state index contributed by atoms with van der Waals surface area (Å²) in [5.41, 5.74) is 3.09. The molecule has 0 atom stereocenters. The van der Waals surface area contributed by atoms with Crippen LogP contribution in [0.5, 0.6) is 0 Å². The zero-order chi connectivity index (χ0) is 21.1. The van der Waals surface area contributed by atoms with Crippen molar-refractivity contribution in [2.75, 3.05) is 5.32 Å². The van der Waals surface area contributed by atoms with Crippen LogP contribution in [0.15, 0.2) is 47.8 Å². The molecule has 3 aromatic heterocycles. The normalized spacial score (nSPS) is 10.7. The van der Waals surface area contributed by atoms with Gasteiger partial charge in [-0.1, -0.05) is 36.4 Å². The third-order valence-electron chi connectivity index (χ3n) is 4.86. The maximum absolute atomic E-state index is 12.7. The van der Waals surface area contributed by atoms with E-state index < -0.39 is 0 Å². The Hall–Kier alpha value is -3.77. The van der Waals surface area contributed by atoms with Crippen LogP contribution in [0.1, 0.15) is 21.7 Å². The van der Waals surface area contributed by atoms with E-state index in [4.69, 9.17) is 0 Å². The minimum atomic E-state index is -0.326. The molecule has 3 heterocycles. The Balaban J connectivity index is 1.55. The molecule has 4 aromatic rings. The van der Waals surface area contributed by atoms with Crippen molar-refractivity contribution < 1.29 is 4.79 Å². The first-order chi connectivity index (χ1) is 14.6. The van der Waals surface area contributed by atoms with Gasteiger partial charge in [-0.2, -0.15) is 10.1 Å². The molecule has 0 saturated carbocycles. The van der Waals surface area contributed by atoms with Gasteiger partial charge in [0.15, 0.2) is 0 Å². The van der Waals surface area contributed by atoms with E-state index in [1.54, 1.807) is 11.3 Å². The standard InChI is InChI=1S/C21H19N7OS/c1-14-15(2)27(12-17-9-6-10-30-17)21(18(14)11-22)23-19(29)13-28-25-20(24-26-28)16-7-4-3-5-8-16/h3-10H,12-13H2,1-2H3,(H,23,29). The summed E-state index contributed by atoms with van der Waals surface area (Å²) in [4.78, 5) is 15.1. The van der Waals surface area contributed by atoms with Crippen molar-refractivity contribution in [3.8, 4) is 17.5 Å². The fourth-order valence-corrected chi connectivity index (χ4v) is 3.89. The lowest BCUT2D eigenvalue weighted by Crippen LogP contribution is -2.23. The van der Waals surface area contributed by atoms with Crippen molar-refractivity contribution in [2.45, 2.75) is 26.9 Å². The van der Waals surface area contributed by atoms with Gasteiger partial charge in [0.25, 0.3) is 0 Å². The summed E-state index contributed by atoms with van der Waals surface area (Å²) in [6.07, 6.45) is 0. The zero-order valence-electron chi connectivity index (χ0n) is 16.5. The summed E-state index contributed by atoms with van der Waals surface area (Å²) in [5, 5.41) is 26.8. The van der Waals surface area contributed by atoms with Crippen molar-refractivity contribution in [1.29, 1.82) is 5.26 Å². The van der Waals surface area contributed by atoms with Gasteiger partial charge in [-0.25, -0.2) is 0 Å². The second kappa shape index (κ2) is 8.31. The van der Waals surface area contributed by atoms with Crippen LogP contribution in [0.25, 0.3) is 11.4 Å². The summed E-state index contributed by atoms with van der Waals surface area (Å²) < 4.78 is 1.96. The third-order valence-corrected chi connectivity index (χ3v) is 5.72. The summed E-state index contributed by atoms with van der Waals surface area (Å²) in [6.45, 7) is 4.32. The topological polar surface area (TPSA) is 101 Å². The van der Waals surface area contributed by atoms with Crippen LogP contribution in [0.4, 0.5) is 5.82 Å². The molecular formula is C21H19N7OS. The molecule has 1 amide bonds. The number of aromatic nitrogens is 5. The first-order valence-electron chi connectivity index (χ1n) is 9.32. The van der Waals surface area contributed by atoms with Gasteiger partial charge in [-0.15, -0.1) is 21.5 Å². The number of nitrogens with zero attached hydrogens (tertiary/aromatic N) is 6. The Morgan fingerprint density at radius 1 is 1.20 bits per heavy atom. The molecule has 0 aliphatic carbocycles. The molecule has 0 radical (unpaired) electrons. The van der Waals surface area contributed by atoms with E-state index >= 15 is 0 Å². The number of amides is 1. The highest BCUT2D eigenvalue weighted by molar-refractivity contribution is 7.09. The molecule has 4 rings (SSSR count). The highest BCUT2D eigenvalue weighted by atomic mass is 32.1. The number of hydrogen-bond donors (Lipinski definition) is 1. The number of rotatable bonds is 6. The SMILES string of the molecule is Cc1c(C#N)c(NC(=O)Cn2nnc(-c3ccccc3)n2)n(Cc2cccs2)c1C. The maximum Gasteiger partial charge on any atom is 0.249 e. The van der Waals surface area contributed by atoms with E-state index in [0.29, 0.717) is 23.8 Å². The summed E-state index contributed by atoms with van der Waals surface area (Å²) in [7, 11) is 0. The Morgan fingerprint density at radius 2 is 2.00 bits per heavy atom. The van der Waals surface area contributed by atoms with Crippen LogP contribution in [-0.2, 0) is 17.9 Å². The number of benzene rings is 1. The highest BCUT2D eigenvalue weighted by Gasteiger charge is 2.20. The van der Waals surface area contributed by atoms with Gasteiger partial charge in [-0.3, -0.25) is 4.79 Å². The fourth-order valence-electron chi connectivity index (χ4n) is 3.20. The molecule has 8 nitrogen and oxygen atoms in total. The maximum atomic E-state index is 12.7. The van der Waals surface area contributed by atoms with Crippen LogP contribution in [0.2, 0.25) is 0 Å². The molecule has 0 bridgehead atoms. The van der Waals surface area contributed by atoms with Crippen LogP contribution in [0.3, 0.4) is 0 Å². The third kappa shape index (κ3) is 3.86. The quantitative estimate of drug-likeness (QED) is 0.518. The zero-order valence-corrected chi connectivity index (χ0v) is 17.3. The van der Waals surface area contributed by atoms with Crippen molar-refractivity contribution in [2.24, 2.45) is 0 Å². The monoisotopic (exact) mass is 417 g/mol. The van der Waals surface area contributed by atoms with Gasteiger partial charge in [0.05, 0.1) is 12.1 Å². The molecular weight excluding hydrogens is 398 g/mol. The van der Waals surface area contributed by atoms with E-state index in [1.165, 1.54) is 4.80 Å². The number of thiophene rings is 1. The Kier molecular flexibility index (Phi) is 5.41. The molecule has 0 fully saturated rings. The van der Waals surface area contributed by atoms with E-state index in [9.17, 15) is 10.1 Å². The van der Waals surface area contributed by atoms with Crippen molar-refractivity contribution in [3.05, 3.63) is 69.5 Å². The molecule has 0 spiro atoms. The largest absolute Gasteiger partial charge is 0.325 e. The average Bonchev–Trinajstić information content (AvgIpc) is 3.47. The van der Waals surface area contributed by atoms with Gasteiger partial charge >= 0.3 is 0 Å². The number of nitrogens with one attached hydrogen (secondary N) is 1. The Labute approximate surface area is 177 Å². The molecule has 30 heavy (non-hydrogen) atoms. The minimum Gasteiger partial charge on any atom is -0.325 e. The predicted octanol–water partition coefficient (Wildman–Crippen LogP) is 3.38. The lowest BCUT2D eigenvalue weighted by Gasteiger charge is -2.12. The number of carbonyl (C=O) groups is 1. The van der Waals surface area contributed by atoms with Crippen LogP contribution >= 0.6 is 11.3 Å². The van der Waals surface area contributed by atoms with E-state index in [0.717, 1.165) is 21.7 Å². The average molecular weight is 417 g/mol. The Morgan fingerprint density at radius 3 is 2.70 bits per heavy atom. The second-order valence-corrected chi connectivity index (χ2v) is 7.80. The molecule has 0 saturated heterocycles. The van der Waals surface area contributed by atoms with Gasteiger partial charge in [0.2, 0.25) is 11.7 Å². The van der Waals surface area contributed by atoms with Gasteiger partial charge in [0, 0.05) is 16.1 Å². The minimum absolute atomic E-state index is 0.104. The number of hydrogen-bond acceptors (Lipinski definition) is 6. The van der Waals surface area contributed by atoms with E-state index in [-0.39, 0.29) is 12.5 Å². The molecule has 0 unspecified atom stereocenters. The number of tetrazole rings is 1. The fraction of sp³-hybridized carbons (Fsp3) is 0.190. The number of anilines is 1. The highest BCUT2D eigenvalue weighted by Crippen LogP contribution is 2.28. The van der Waals surface area contributed by atoms with Crippen molar-refractivity contribution in [3.63, 3.8) is 0 Å².